The van der Waals surface area contributed by atoms with Crippen LogP contribution in [0.1, 0.15) is 12.7 Å². The Morgan fingerprint density at radius 3 is 3.14 bits per heavy atom. The van der Waals surface area contributed by atoms with Gasteiger partial charge in [0.2, 0.25) is 0 Å². The molecule has 0 aliphatic rings. The Morgan fingerprint density at radius 1 is 1.64 bits per heavy atom. The number of fused-ring (bicyclic) bond motifs is 1. The molecule has 3 nitrogen and oxygen atoms in total. The Balaban J connectivity index is 2.58. The van der Waals surface area contributed by atoms with Gasteiger partial charge in [0, 0.05) is 6.20 Å². The molecule has 0 spiro atoms. The molecule has 0 saturated carbocycles. The van der Waals surface area contributed by atoms with Crippen molar-refractivity contribution in [3.63, 3.8) is 0 Å². The van der Waals surface area contributed by atoms with Gasteiger partial charge >= 0.3 is 0 Å². The zero-order chi connectivity index (χ0) is 10.1. The number of aromatic nitrogens is 2. The second-order valence-electron chi connectivity index (χ2n) is 3.16. The molecular formula is C10H9ClN2O. The number of hydrogen-bond acceptors (Lipinski definition) is 2. The first-order valence-corrected chi connectivity index (χ1v) is 4.66. The molecule has 0 fully saturated rings. The third-order valence-corrected chi connectivity index (χ3v) is 2.32. The van der Waals surface area contributed by atoms with Crippen molar-refractivity contribution in [2.75, 3.05) is 0 Å². The van der Waals surface area contributed by atoms with Crippen LogP contribution in [0.2, 0.25) is 5.02 Å². The third kappa shape index (κ3) is 1.51. The molecule has 0 aromatic carbocycles. The van der Waals surface area contributed by atoms with Crippen molar-refractivity contribution in [2.24, 2.45) is 0 Å². The molecule has 0 atom stereocenters. The lowest BCUT2D eigenvalue weighted by atomic mass is 10.3. The van der Waals surface area contributed by atoms with E-state index in [1.807, 2.05) is 16.7 Å². The predicted octanol–water partition coefficient (Wildman–Crippen LogP) is 2.12. The van der Waals surface area contributed by atoms with Crippen molar-refractivity contribution >= 4 is 22.9 Å². The van der Waals surface area contributed by atoms with Crippen LogP contribution in [0.4, 0.5) is 0 Å². The van der Waals surface area contributed by atoms with Gasteiger partial charge in [-0.25, -0.2) is 4.98 Å². The summed E-state index contributed by atoms with van der Waals surface area (Å²) in [5, 5.41) is 0.648. The molecule has 2 rings (SSSR count). The molecule has 4 heteroatoms. The first kappa shape index (κ1) is 9.21. The van der Waals surface area contributed by atoms with E-state index in [0.717, 1.165) is 11.3 Å². The Bertz CT molecular complexity index is 490. The van der Waals surface area contributed by atoms with Crippen LogP contribution in [0.25, 0.3) is 5.52 Å². The van der Waals surface area contributed by atoms with Gasteiger partial charge in [0.15, 0.2) is 0 Å². The van der Waals surface area contributed by atoms with Crippen LogP contribution < -0.4 is 0 Å². The van der Waals surface area contributed by atoms with E-state index in [0.29, 0.717) is 11.4 Å². The van der Waals surface area contributed by atoms with E-state index in [4.69, 9.17) is 11.6 Å². The number of rotatable bonds is 2. The number of halogens is 1. The van der Waals surface area contributed by atoms with E-state index < -0.39 is 0 Å². The van der Waals surface area contributed by atoms with Crippen LogP contribution in [0.3, 0.4) is 0 Å². The molecule has 0 saturated heterocycles. The molecule has 2 aromatic rings. The minimum Gasteiger partial charge on any atom is -0.302 e. The number of imidazole rings is 1. The maximum atomic E-state index is 11.0. The number of carbonyl (C=O) groups excluding carboxylic acids is 1. The van der Waals surface area contributed by atoms with E-state index >= 15 is 0 Å². The largest absolute Gasteiger partial charge is 0.302 e. The summed E-state index contributed by atoms with van der Waals surface area (Å²) in [6.07, 6.45) is 3.88. The number of nitrogens with zero attached hydrogens (tertiary/aromatic N) is 2. The number of ketones is 1. The van der Waals surface area contributed by atoms with Gasteiger partial charge in [0.05, 0.1) is 23.2 Å². The van der Waals surface area contributed by atoms with Crippen molar-refractivity contribution in [2.45, 2.75) is 13.3 Å². The summed E-state index contributed by atoms with van der Waals surface area (Å²) in [5.41, 5.74) is 0.838. The zero-order valence-corrected chi connectivity index (χ0v) is 8.45. The van der Waals surface area contributed by atoms with Crippen LogP contribution in [0.15, 0.2) is 24.5 Å². The quantitative estimate of drug-likeness (QED) is 0.758. The van der Waals surface area contributed by atoms with Crippen LogP contribution in [0, 0.1) is 0 Å². The summed E-state index contributed by atoms with van der Waals surface area (Å²) in [6, 6.07) is 3.64. The van der Waals surface area contributed by atoms with Crippen LogP contribution in [0.5, 0.6) is 0 Å². The Labute approximate surface area is 86.3 Å². The molecule has 72 valence electrons. The lowest BCUT2D eigenvalue weighted by Crippen LogP contribution is -2.01. The van der Waals surface area contributed by atoms with Crippen molar-refractivity contribution in [3.8, 4) is 0 Å². The monoisotopic (exact) mass is 208 g/mol. The van der Waals surface area contributed by atoms with E-state index in [1.54, 1.807) is 19.2 Å². The molecule has 0 N–H and O–H groups in total. The van der Waals surface area contributed by atoms with Gasteiger partial charge in [-0.1, -0.05) is 11.6 Å². The fourth-order valence-electron chi connectivity index (χ4n) is 1.39. The third-order valence-electron chi connectivity index (χ3n) is 2.00. The minimum atomic E-state index is 0.0949. The average molecular weight is 209 g/mol. The van der Waals surface area contributed by atoms with Crippen molar-refractivity contribution in [1.29, 1.82) is 0 Å². The lowest BCUT2D eigenvalue weighted by molar-refractivity contribution is -0.116. The van der Waals surface area contributed by atoms with E-state index in [9.17, 15) is 4.79 Å². The lowest BCUT2D eigenvalue weighted by Gasteiger charge is -1.99. The average Bonchev–Trinajstić information content (AvgIpc) is 2.49. The normalized spacial score (nSPS) is 10.7. The van der Waals surface area contributed by atoms with E-state index in [-0.39, 0.29) is 5.78 Å². The summed E-state index contributed by atoms with van der Waals surface area (Å²) >= 11 is 5.96. The highest BCUT2D eigenvalue weighted by molar-refractivity contribution is 6.33. The van der Waals surface area contributed by atoms with Gasteiger partial charge in [-0.3, -0.25) is 4.79 Å². The number of pyridine rings is 1. The highest BCUT2D eigenvalue weighted by Gasteiger charge is 2.07. The van der Waals surface area contributed by atoms with Gasteiger partial charge in [-0.15, -0.1) is 0 Å². The van der Waals surface area contributed by atoms with E-state index in [1.165, 1.54) is 0 Å². The highest BCUT2D eigenvalue weighted by Crippen LogP contribution is 2.17. The van der Waals surface area contributed by atoms with Crippen molar-refractivity contribution in [3.05, 3.63) is 35.4 Å². The number of carbonyl (C=O) groups is 1. The van der Waals surface area contributed by atoms with Gasteiger partial charge in [-0.05, 0) is 19.1 Å². The Morgan fingerprint density at radius 2 is 2.43 bits per heavy atom. The zero-order valence-electron chi connectivity index (χ0n) is 7.70. The Kier molecular flexibility index (Phi) is 2.25. The first-order valence-electron chi connectivity index (χ1n) is 4.28. The smallest absolute Gasteiger partial charge is 0.137 e. The molecule has 0 aliphatic carbocycles. The summed E-state index contributed by atoms with van der Waals surface area (Å²) in [7, 11) is 0. The fraction of sp³-hybridized carbons (Fsp3) is 0.200. The second-order valence-corrected chi connectivity index (χ2v) is 3.57. The fourth-order valence-corrected chi connectivity index (χ4v) is 1.61. The molecule has 2 aromatic heterocycles. The molecule has 0 aliphatic heterocycles. The van der Waals surface area contributed by atoms with Crippen LogP contribution in [-0.2, 0) is 11.2 Å². The molecule has 2 heterocycles. The maximum Gasteiger partial charge on any atom is 0.137 e. The Hall–Kier alpha value is -1.35. The van der Waals surface area contributed by atoms with Crippen LogP contribution >= 0.6 is 11.6 Å². The maximum absolute atomic E-state index is 11.0. The summed E-state index contributed by atoms with van der Waals surface area (Å²) in [6.45, 7) is 1.55. The molecule has 0 amide bonds. The molecule has 0 bridgehead atoms. The van der Waals surface area contributed by atoms with Crippen molar-refractivity contribution in [1.82, 2.24) is 9.38 Å². The molecule has 14 heavy (non-hydrogen) atoms. The van der Waals surface area contributed by atoms with Gasteiger partial charge in [-0.2, -0.15) is 0 Å². The number of Topliss-reactive ketones (excluding diaryl/α,β-unsaturated/α-hetero) is 1. The van der Waals surface area contributed by atoms with Crippen LogP contribution in [-0.4, -0.2) is 15.2 Å². The van der Waals surface area contributed by atoms with Gasteiger partial charge < -0.3 is 4.40 Å². The summed E-state index contributed by atoms with van der Waals surface area (Å²) < 4.78 is 1.84. The summed E-state index contributed by atoms with van der Waals surface area (Å²) in [4.78, 5) is 15.1. The molecule has 0 unspecified atom stereocenters. The summed E-state index contributed by atoms with van der Waals surface area (Å²) in [5.74, 6) is 0.826. The standard InChI is InChI=1S/C10H9ClN2O/c1-7(14)5-10-12-6-9-8(11)3-2-4-13(9)10/h2-4,6H,5H2,1H3. The van der Waals surface area contributed by atoms with Crippen molar-refractivity contribution < 1.29 is 4.79 Å². The highest BCUT2D eigenvalue weighted by atomic mass is 35.5. The second kappa shape index (κ2) is 3.42. The SMILES string of the molecule is CC(=O)Cc1ncc2c(Cl)cccn12. The predicted molar refractivity (Wildman–Crippen MR) is 54.6 cm³/mol. The van der Waals surface area contributed by atoms with Gasteiger partial charge in [0.1, 0.15) is 11.6 Å². The topological polar surface area (TPSA) is 34.4 Å². The van der Waals surface area contributed by atoms with Gasteiger partial charge in [0.25, 0.3) is 0 Å². The molecule has 0 radical (unpaired) electrons. The molecular weight excluding hydrogens is 200 g/mol. The first-order chi connectivity index (χ1) is 6.68. The number of hydrogen-bond donors (Lipinski definition) is 0. The minimum absolute atomic E-state index is 0.0949. The van der Waals surface area contributed by atoms with E-state index in [2.05, 4.69) is 4.98 Å².